The van der Waals surface area contributed by atoms with Gasteiger partial charge in [0.25, 0.3) is 11.8 Å². The maximum Gasteiger partial charge on any atom is 0.265 e. The van der Waals surface area contributed by atoms with E-state index in [1.807, 2.05) is 26.0 Å². The molecule has 0 bridgehead atoms. The predicted octanol–water partition coefficient (Wildman–Crippen LogP) is 3.29. The van der Waals surface area contributed by atoms with Crippen molar-refractivity contribution in [2.45, 2.75) is 32.4 Å². The Morgan fingerprint density at radius 1 is 1.31 bits per heavy atom. The van der Waals surface area contributed by atoms with Crippen LogP contribution in [0.2, 0.25) is 0 Å². The number of ether oxygens (including phenoxy) is 1. The Kier molecular flexibility index (Phi) is 6.10. The maximum absolute atomic E-state index is 12.4. The molecule has 2 amide bonds. The highest BCUT2D eigenvalue weighted by atomic mass is 35.5. The van der Waals surface area contributed by atoms with Gasteiger partial charge in [0, 0.05) is 11.3 Å². The van der Waals surface area contributed by atoms with Gasteiger partial charge in [-0.3, -0.25) is 9.59 Å². The Labute approximate surface area is 158 Å². The first kappa shape index (κ1) is 19.6. The standard InChI is InChI=1S/C19H21N3O3.ClH/c1-3-16-19(24)22-15-8-7-12(10-17(15)25-16)11(2)21-18(23)13-5-4-6-14(20)9-13;/h4-11,16H,3,20H2,1-2H3,(H,21,23)(H,22,24);1H. The Hall–Kier alpha value is -2.73. The number of nitrogens with two attached hydrogens (primary N) is 1. The summed E-state index contributed by atoms with van der Waals surface area (Å²) in [6, 6.07) is 12.1. The Morgan fingerprint density at radius 2 is 2.08 bits per heavy atom. The zero-order chi connectivity index (χ0) is 18.0. The molecule has 2 aromatic carbocycles. The lowest BCUT2D eigenvalue weighted by molar-refractivity contribution is -0.123. The first-order valence-corrected chi connectivity index (χ1v) is 8.25. The topological polar surface area (TPSA) is 93.4 Å². The summed E-state index contributed by atoms with van der Waals surface area (Å²) in [6.45, 7) is 3.79. The summed E-state index contributed by atoms with van der Waals surface area (Å²) >= 11 is 0. The van der Waals surface area contributed by atoms with E-state index in [4.69, 9.17) is 10.5 Å². The molecule has 2 unspecified atom stereocenters. The number of nitrogens with one attached hydrogen (secondary N) is 2. The molecule has 1 aliphatic rings. The number of amides is 2. The van der Waals surface area contributed by atoms with Crippen LogP contribution in [-0.4, -0.2) is 17.9 Å². The van der Waals surface area contributed by atoms with Crippen molar-refractivity contribution < 1.29 is 14.3 Å². The molecule has 0 saturated carbocycles. The van der Waals surface area contributed by atoms with Crippen LogP contribution in [0.3, 0.4) is 0 Å². The smallest absolute Gasteiger partial charge is 0.265 e. The molecule has 1 aliphatic heterocycles. The number of nitrogen functional groups attached to an aromatic ring is 1. The number of hydrogen-bond donors (Lipinski definition) is 3. The minimum absolute atomic E-state index is 0. The van der Waals surface area contributed by atoms with E-state index < -0.39 is 6.10 Å². The molecule has 4 N–H and O–H groups in total. The molecule has 0 fully saturated rings. The van der Waals surface area contributed by atoms with Gasteiger partial charge < -0.3 is 21.1 Å². The summed E-state index contributed by atoms with van der Waals surface area (Å²) in [5.41, 5.74) is 8.32. The molecule has 1 heterocycles. The Morgan fingerprint density at radius 3 is 2.77 bits per heavy atom. The second-order valence-electron chi connectivity index (χ2n) is 6.08. The molecular weight excluding hydrogens is 354 g/mol. The summed E-state index contributed by atoms with van der Waals surface area (Å²) < 4.78 is 5.75. The van der Waals surface area contributed by atoms with E-state index in [1.165, 1.54) is 0 Å². The van der Waals surface area contributed by atoms with Crippen LogP contribution in [0.4, 0.5) is 11.4 Å². The lowest BCUT2D eigenvalue weighted by Crippen LogP contribution is -2.36. The van der Waals surface area contributed by atoms with Crippen LogP contribution >= 0.6 is 12.4 Å². The zero-order valence-electron chi connectivity index (χ0n) is 14.6. The van der Waals surface area contributed by atoms with E-state index in [-0.39, 0.29) is 30.3 Å². The van der Waals surface area contributed by atoms with Gasteiger partial charge in [0.15, 0.2) is 6.10 Å². The summed E-state index contributed by atoms with van der Waals surface area (Å²) in [4.78, 5) is 24.2. The third kappa shape index (κ3) is 4.08. The van der Waals surface area contributed by atoms with E-state index in [1.54, 1.807) is 30.3 Å². The van der Waals surface area contributed by atoms with E-state index >= 15 is 0 Å². The van der Waals surface area contributed by atoms with Crippen LogP contribution in [0.25, 0.3) is 0 Å². The molecule has 0 radical (unpaired) electrons. The van der Waals surface area contributed by atoms with Gasteiger partial charge in [-0.2, -0.15) is 0 Å². The maximum atomic E-state index is 12.4. The van der Waals surface area contributed by atoms with Gasteiger partial charge in [0.1, 0.15) is 5.75 Å². The molecule has 138 valence electrons. The summed E-state index contributed by atoms with van der Waals surface area (Å²) in [5.74, 6) is 0.290. The lowest BCUT2D eigenvalue weighted by Gasteiger charge is -2.26. The molecule has 0 saturated heterocycles. The molecule has 0 aliphatic carbocycles. The monoisotopic (exact) mass is 375 g/mol. The highest BCUT2D eigenvalue weighted by Crippen LogP contribution is 2.33. The molecule has 3 rings (SSSR count). The molecule has 0 spiro atoms. The van der Waals surface area contributed by atoms with E-state index in [2.05, 4.69) is 10.6 Å². The molecule has 7 heteroatoms. The molecule has 0 aromatic heterocycles. The van der Waals surface area contributed by atoms with Gasteiger partial charge in [0.2, 0.25) is 0 Å². The molecule has 2 atom stereocenters. The van der Waals surface area contributed by atoms with E-state index in [0.717, 1.165) is 5.56 Å². The molecule has 2 aromatic rings. The first-order valence-electron chi connectivity index (χ1n) is 8.25. The lowest BCUT2D eigenvalue weighted by atomic mass is 10.0. The van der Waals surface area contributed by atoms with Gasteiger partial charge in [-0.05, 0) is 49.2 Å². The fourth-order valence-electron chi connectivity index (χ4n) is 2.74. The number of halogens is 1. The number of hydrogen-bond acceptors (Lipinski definition) is 4. The van der Waals surface area contributed by atoms with E-state index in [9.17, 15) is 9.59 Å². The third-order valence-corrected chi connectivity index (χ3v) is 4.19. The van der Waals surface area contributed by atoms with Gasteiger partial charge in [-0.1, -0.05) is 19.1 Å². The average molecular weight is 376 g/mol. The quantitative estimate of drug-likeness (QED) is 0.715. The fourth-order valence-corrected chi connectivity index (χ4v) is 2.74. The third-order valence-electron chi connectivity index (χ3n) is 4.19. The van der Waals surface area contributed by atoms with Gasteiger partial charge in [-0.15, -0.1) is 12.4 Å². The second-order valence-corrected chi connectivity index (χ2v) is 6.08. The second kappa shape index (κ2) is 8.10. The van der Waals surface area contributed by atoms with Crippen molar-refractivity contribution >= 4 is 35.6 Å². The van der Waals surface area contributed by atoms with Crippen LogP contribution in [0.1, 0.15) is 42.2 Å². The normalized spacial score (nSPS) is 16.4. The van der Waals surface area contributed by atoms with Crippen molar-refractivity contribution in [3.63, 3.8) is 0 Å². The van der Waals surface area contributed by atoms with Crippen LogP contribution in [-0.2, 0) is 4.79 Å². The number of benzene rings is 2. The van der Waals surface area contributed by atoms with Crippen LogP contribution < -0.4 is 21.1 Å². The van der Waals surface area contributed by atoms with Crippen LogP contribution in [0, 0.1) is 0 Å². The van der Waals surface area contributed by atoms with Crippen molar-refractivity contribution in [3.05, 3.63) is 53.6 Å². The zero-order valence-corrected chi connectivity index (χ0v) is 15.4. The number of carbonyl (C=O) groups is 2. The number of carbonyl (C=O) groups excluding carboxylic acids is 2. The van der Waals surface area contributed by atoms with Crippen molar-refractivity contribution in [3.8, 4) is 5.75 Å². The van der Waals surface area contributed by atoms with Crippen molar-refractivity contribution in [1.82, 2.24) is 5.32 Å². The van der Waals surface area contributed by atoms with Crippen molar-refractivity contribution in [2.24, 2.45) is 0 Å². The molecule has 26 heavy (non-hydrogen) atoms. The number of fused-ring (bicyclic) bond motifs is 1. The Balaban J connectivity index is 0.00000243. The number of anilines is 2. The van der Waals surface area contributed by atoms with Crippen molar-refractivity contribution in [1.29, 1.82) is 0 Å². The van der Waals surface area contributed by atoms with Gasteiger partial charge in [-0.25, -0.2) is 0 Å². The van der Waals surface area contributed by atoms with Gasteiger partial charge in [0.05, 0.1) is 11.7 Å². The Bertz CT molecular complexity index is 825. The highest BCUT2D eigenvalue weighted by molar-refractivity contribution is 5.98. The highest BCUT2D eigenvalue weighted by Gasteiger charge is 2.26. The minimum Gasteiger partial charge on any atom is -0.478 e. The van der Waals surface area contributed by atoms with Crippen molar-refractivity contribution in [2.75, 3.05) is 11.1 Å². The SMILES string of the molecule is CCC1Oc2cc(C(C)NC(=O)c3cccc(N)c3)ccc2NC1=O.Cl. The predicted molar refractivity (Wildman–Crippen MR) is 104 cm³/mol. The van der Waals surface area contributed by atoms with Crippen LogP contribution in [0.15, 0.2) is 42.5 Å². The van der Waals surface area contributed by atoms with E-state index in [0.29, 0.717) is 29.1 Å². The van der Waals surface area contributed by atoms with Crippen LogP contribution in [0.5, 0.6) is 5.75 Å². The number of rotatable bonds is 4. The summed E-state index contributed by atoms with van der Waals surface area (Å²) in [6.07, 6.45) is 0.108. The van der Waals surface area contributed by atoms with Gasteiger partial charge >= 0.3 is 0 Å². The fraction of sp³-hybridized carbons (Fsp3) is 0.263. The average Bonchev–Trinajstić information content (AvgIpc) is 2.60. The molecular formula is C19H22ClN3O3. The molecule has 6 nitrogen and oxygen atoms in total. The largest absolute Gasteiger partial charge is 0.478 e. The summed E-state index contributed by atoms with van der Waals surface area (Å²) in [5, 5.41) is 5.78. The summed E-state index contributed by atoms with van der Waals surface area (Å²) in [7, 11) is 0. The minimum atomic E-state index is -0.486. The first-order chi connectivity index (χ1) is 12.0.